The number of likely N-dealkylation sites (N-methyl/N-ethyl adjacent to an activating group) is 1. The third-order valence-electron chi connectivity index (χ3n) is 9.59. The summed E-state index contributed by atoms with van der Waals surface area (Å²) in [5.74, 6) is -1.70. The number of benzene rings is 3. The molecule has 0 radical (unpaired) electrons. The summed E-state index contributed by atoms with van der Waals surface area (Å²) in [6, 6.07) is 16.2. The van der Waals surface area contributed by atoms with E-state index in [2.05, 4.69) is 10.5 Å². The fourth-order valence-electron chi connectivity index (χ4n) is 6.79. The van der Waals surface area contributed by atoms with Crippen LogP contribution in [0.1, 0.15) is 75.3 Å². The highest BCUT2D eigenvalue weighted by Crippen LogP contribution is 2.39. The average Bonchev–Trinajstić information content (AvgIpc) is 3.88. The van der Waals surface area contributed by atoms with Crippen LogP contribution in [0, 0.1) is 17.6 Å². The predicted octanol–water partition coefficient (Wildman–Crippen LogP) is 8.72. The summed E-state index contributed by atoms with van der Waals surface area (Å²) in [5.41, 5.74) is 1.61. The summed E-state index contributed by atoms with van der Waals surface area (Å²) in [7, 11) is 0. The number of likely N-dealkylation sites (tertiary alicyclic amines) is 1. The molecule has 14 heteroatoms. The van der Waals surface area contributed by atoms with Gasteiger partial charge in [0.05, 0.1) is 22.9 Å². The second-order valence-electron chi connectivity index (χ2n) is 14.9. The van der Waals surface area contributed by atoms with Crippen LogP contribution < -0.4 is 10.1 Å². The summed E-state index contributed by atoms with van der Waals surface area (Å²) in [6.07, 6.45) is 1.98. The maximum atomic E-state index is 14.7. The minimum absolute atomic E-state index is 0.0361. The zero-order valence-corrected chi connectivity index (χ0v) is 32.7. The zero-order chi connectivity index (χ0) is 39.4. The quantitative estimate of drug-likeness (QED) is 0.143. The Morgan fingerprint density at radius 1 is 1.00 bits per heavy atom. The van der Waals surface area contributed by atoms with E-state index in [0.717, 1.165) is 41.7 Å². The highest BCUT2D eigenvalue weighted by molar-refractivity contribution is 6.33. The van der Waals surface area contributed by atoms with Gasteiger partial charge in [0.2, 0.25) is 11.8 Å². The van der Waals surface area contributed by atoms with Crippen molar-refractivity contribution in [2.75, 3.05) is 19.6 Å². The maximum absolute atomic E-state index is 14.7. The normalized spacial score (nSPS) is 17.1. The molecule has 4 aromatic rings. The van der Waals surface area contributed by atoms with Gasteiger partial charge in [-0.1, -0.05) is 52.6 Å². The smallest absolute Gasteiger partial charge is 0.410 e. The number of piperidine rings is 1. The third-order valence-corrected chi connectivity index (χ3v) is 10.3. The first-order chi connectivity index (χ1) is 26.2. The molecule has 2 fully saturated rings. The van der Waals surface area contributed by atoms with E-state index in [0.29, 0.717) is 30.3 Å². The van der Waals surface area contributed by atoms with E-state index in [-0.39, 0.29) is 66.9 Å². The van der Waals surface area contributed by atoms with Gasteiger partial charge >= 0.3 is 6.09 Å². The van der Waals surface area contributed by atoms with Crippen LogP contribution in [-0.4, -0.2) is 64.1 Å². The number of hydrogen-bond acceptors (Lipinski definition) is 7. The summed E-state index contributed by atoms with van der Waals surface area (Å²) < 4.78 is 45.3. The Labute approximate surface area is 329 Å². The molecule has 1 aliphatic heterocycles. The monoisotopic (exact) mass is 796 g/mol. The van der Waals surface area contributed by atoms with Crippen LogP contribution in [0.15, 0.2) is 65.2 Å². The van der Waals surface area contributed by atoms with Gasteiger partial charge in [-0.3, -0.25) is 9.59 Å². The van der Waals surface area contributed by atoms with E-state index in [1.54, 1.807) is 23.1 Å². The number of hydrogen-bond donors (Lipinski definition) is 1. The van der Waals surface area contributed by atoms with Crippen LogP contribution >= 0.6 is 23.2 Å². The fraction of sp³-hybridized carbons (Fsp3) is 0.415. The molecule has 55 heavy (non-hydrogen) atoms. The Bertz CT molecular complexity index is 2030. The number of amides is 3. The number of rotatable bonds is 12. The largest absolute Gasteiger partial charge is 0.486 e. The average molecular weight is 798 g/mol. The Balaban J connectivity index is 1.20. The molecule has 1 aromatic heterocycles. The highest BCUT2D eigenvalue weighted by Gasteiger charge is 2.43. The molecule has 0 spiro atoms. The Kier molecular flexibility index (Phi) is 12.4. The lowest BCUT2D eigenvalue weighted by atomic mass is 9.79. The van der Waals surface area contributed by atoms with Gasteiger partial charge in [-0.25, -0.2) is 13.6 Å². The van der Waals surface area contributed by atoms with Crippen molar-refractivity contribution in [2.45, 2.75) is 84.1 Å². The summed E-state index contributed by atoms with van der Waals surface area (Å²) in [5, 5.41) is 6.78. The van der Waals surface area contributed by atoms with Gasteiger partial charge in [-0.05, 0) is 99.9 Å². The van der Waals surface area contributed by atoms with Crippen molar-refractivity contribution < 1.29 is 37.2 Å². The molecule has 3 aromatic carbocycles. The first-order valence-corrected chi connectivity index (χ1v) is 19.1. The van der Waals surface area contributed by atoms with Gasteiger partial charge in [0.15, 0.2) is 5.76 Å². The summed E-state index contributed by atoms with van der Waals surface area (Å²) >= 11 is 12.7. The Hall–Kier alpha value is -4.68. The number of ether oxygens (including phenoxy) is 2. The van der Waals surface area contributed by atoms with Crippen LogP contribution in [-0.2, 0) is 33.9 Å². The van der Waals surface area contributed by atoms with Gasteiger partial charge < -0.3 is 29.1 Å². The summed E-state index contributed by atoms with van der Waals surface area (Å²) in [4.78, 5) is 43.8. The maximum Gasteiger partial charge on any atom is 0.410 e. The van der Waals surface area contributed by atoms with E-state index in [4.69, 9.17) is 37.2 Å². The van der Waals surface area contributed by atoms with Gasteiger partial charge in [0.1, 0.15) is 35.3 Å². The van der Waals surface area contributed by atoms with E-state index in [1.807, 2.05) is 56.9 Å². The van der Waals surface area contributed by atoms with E-state index in [9.17, 15) is 23.2 Å². The molecule has 2 heterocycles. The van der Waals surface area contributed by atoms with Gasteiger partial charge in [0, 0.05) is 43.3 Å². The molecule has 1 saturated heterocycles. The van der Waals surface area contributed by atoms with Gasteiger partial charge in [-0.15, -0.1) is 0 Å². The SMILES string of the molecule is CCNC(=O)Cc1ccc(Cl)c(CN(C(=O)C2CN(C(=O)OC(C)(C)C)CCC2c2ccc(OCc3cc(-c4c(F)ccc(F)c4Cl)no3)cc2)C2CC2)c1. The number of nitrogens with one attached hydrogen (secondary N) is 1. The molecule has 1 aliphatic carbocycles. The first-order valence-electron chi connectivity index (χ1n) is 18.3. The van der Waals surface area contributed by atoms with E-state index >= 15 is 0 Å². The topological polar surface area (TPSA) is 114 Å². The van der Waals surface area contributed by atoms with Crippen molar-refractivity contribution >= 4 is 41.1 Å². The molecule has 1 N–H and O–H groups in total. The molecule has 1 saturated carbocycles. The van der Waals surface area contributed by atoms with Crippen LogP contribution in [0.4, 0.5) is 13.6 Å². The molecule has 2 atom stereocenters. The highest BCUT2D eigenvalue weighted by atomic mass is 35.5. The number of carbonyl (C=O) groups excluding carboxylic acids is 3. The van der Waals surface area contributed by atoms with Crippen molar-refractivity contribution in [3.05, 3.63) is 105 Å². The van der Waals surface area contributed by atoms with Crippen molar-refractivity contribution in [3.8, 4) is 17.0 Å². The first kappa shape index (κ1) is 40.0. The lowest BCUT2D eigenvalue weighted by Gasteiger charge is -2.40. The van der Waals surface area contributed by atoms with Crippen LogP contribution in [0.5, 0.6) is 5.75 Å². The Morgan fingerprint density at radius 2 is 1.73 bits per heavy atom. The number of nitrogens with zero attached hydrogens (tertiary/aromatic N) is 3. The molecular weight excluding hydrogens is 753 g/mol. The van der Waals surface area contributed by atoms with Crippen LogP contribution in [0.25, 0.3) is 11.3 Å². The lowest BCUT2D eigenvalue weighted by molar-refractivity contribution is -0.139. The number of halogens is 4. The van der Waals surface area contributed by atoms with Gasteiger partial charge in [-0.2, -0.15) is 0 Å². The third kappa shape index (κ3) is 9.96. The van der Waals surface area contributed by atoms with Crippen LogP contribution in [0.3, 0.4) is 0 Å². The minimum Gasteiger partial charge on any atom is -0.486 e. The van der Waals surface area contributed by atoms with Crippen molar-refractivity contribution in [2.24, 2.45) is 5.92 Å². The van der Waals surface area contributed by atoms with E-state index < -0.39 is 34.3 Å². The molecule has 6 rings (SSSR count). The lowest BCUT2D eigenvalue weighted by Crippen LogP contribution is -2.51. The second-order valence-corrected chi connectivity index (χ2v) is 15.7. The molecule has 3 amide bonds. The molecule has 2 unspecified atom stereocenters. The molecule has 10 nitrogen and oxygen atoms in total. The molecule has 292 valence electrons. The van der Waals surface area contributed by atoms with Crippen molar-refractivity contribution in [1.82, 2.24) is 20.3 Å². The standard InChI is InChI=1S/C41H44Cl2F2N4O6/c1-5-46-36(50)19-24-6-13-32(42)26(18-24)21-49(27-9-10-27)39(51)31-22-48(40(52)54-41(2,3)4)17-16-30(31)25-7-11-28(12-8-25)53-23-29-20-35(47-55-29)37-33(44)14-15-34(45)38(37)43/h6-8,11-15,18,20,27,30-31H,5,9-10,16-17,19,21-23H2,1-4H3,(H,46,50). The van der Waals surface area contributed by atoms with Crippen LogP contribution in [0.2, 0.25) is 10.0 Å². The molecular formula is C41H44Cl2F2N4O6. The molecule has 2 aliphatic rings. The zero-order valence-electron chi connectivity index (χ0n) is 31.2. The fourth-order valence-corrected chi connectivity index (χ4v) is 7.22. The predicted molar refractivity (Wildman–Crippen MR) is 204 cm³/mol. The minimum atomic E-state index is -0.775. The van der Waals surface area contributed by atoms with Gasteiger partial charge in [0.25, 0.3) is 0 Å². The number of aromatic nitrogens is 1. The van der Waals surface area contributed by atoms with E-state index in [1.165, 1.54) is 6.07 Å². The van der Waals surface area contributed by atoms with Crippen molar-refractivity contribution in [1.29, 1.82) is 0 Å². The number of carbonyl (C=O) groups is 3. The molecule has 0 bridgehead atoms. The van der Waals surface area contributed by atoms with Crippen molar-refractivity contribution in [3.63, 3.8) is 0 Å². The second kappa shape index (κ2) is 17.0. The summed E-state index contributed by atoms with van der Waals surface area (Å²) in [6.45, 7) is 8.64. The Morgan fingerprint density at radius 3 is 2.42 bits per heavy atom.